The van der Waals surface area contributed by atoms with Crippen molar-refractivity contribution in [3.63, 3.8) is 0 Å². The van der Waals surface area contributed by atoms with E-state index in [4.69, 9.17) is 10.00 Å². The SMILES string of the molecule is COc1cc(N2CC[C@@H](N(C)C)C2)ccc1-n1cnc(Nc2cnc(C#N)cn2)c1. The fraction of sp³-hybridized carbons (Fsp3) is 0.333. The van der Waals surface area contributed by atoms with Gasteiger partial charge in [-0.2, -0.15) is 5.26 Å². The van der Waals surface area contributed by atoms with Crippen LogP contribution < -0.4 is 15.0 Å². The number of nitrogens with zero attached hydrogens (tertiary/aromatic N) is 7. The number of benzene rings is 1. The highest BCUT2D eigenvalue weighted by molar-refractivity contribution is 5.61. The summed E-state index contributed by atoms with van der Waals surface area (Å²) in [6.45, 7) is 2.05. The lowest BCUT2D eigenvalue weighted by Crippen LogP contribution is -2.31. The molecule has 1 saturated heterocycles. The summed E-state index contributed by atoms with van der Waals surface area (Å²) in [7, 11) is 5.94. The van der Waals surface area contributed by atoms with Gasteiger partial charge in [0.15, 0.2) is 5.69 Å². The van der Waals surface area contributed by atoms with E-state index in [-0.39, 0.29) is 5.69 Å². The molecule has 0 radical (unpaired) electrons. The van der Waals surface area contributed by atoms with Crippen LogP contribution in [0.3, 0.4) is 0 Å². The first-order valence-corrected chi connectivity index (χ1v) is 9.70. The van der Waals surface area contributed by atoms with Crippen molar-refractivity contribution < 1.29 is 4.74 Å². The minimum atomic E-state index is 0.269. The van der Waals surface area contributed by atoms with Gasteiger partial charge in [-0.3, -0.25) is 0 Å². The number of hydrogen-bond donors (Lipinski definition) is 1. The summed E-state index contributed by atoms with van der Waals surface area (Å²) >= 11 is 0. The van der Waals surface area contributed by atoms with E-state index in [1.165, 1.54) is 12.4 Å². The Morgan fingerprint density at radius 3 is 2.73 bits per heavy atom. The van der Waals surface area contributed by atoms with Crippen LogP contribution in [0.5, 0.6) is 5.75 Å². The fourth-order valence-corrected chi connectivity index (χ4v) is 3.57. The smallest absolute Gasteiger partial charge is 0.158 e. The minimum Gasteiger partial charge on any atom is -0.494 e. The van der Waals surface area contributed by atoms with E-state index in [0.717, 1.165) is 36.6 Å². The number of likely N-dealkylation sites (N-methyl/N-ethyl adjacent to an activating group) is 1. The lowest BCUT2D eigenvalue weighted by Gasteiger charge is -2.22. The molecule has 154 valence electrons. The van der Waals surface area contributed by atoms with E-state index in [1.807, 2.05) is 22.9 Å². The fourth-order valence-electron chi connectivity index (χ4n) is 3.57. The Balaban J connectivity index is 1.52. The molecule has 1 fully saturated rings. The second-order valence-corrected chi connectivity index (χ2v) is 7.40. The molecule has 1 N–H and O–H groups in total. The molecule has 1 aromatic carbocycles. The standard InChI is InChI=1S/C21H24N8O/c1-27(2)17-6-7-28(12-17)16-4-5-18(19(8-16)30-3)29-13-21(25-14-29)26-20-11-23-15(9-22)10-24-20/h4-5,8,10-11,13-14,17H,6-7,12H2,1-3H3,(H,24,26)/t17-/m1/s1. The van der Waals surface area contributed by atoms with Gasteiger partial charge in [-0.1, -0.05) is 0 Å². The van der Waals surface area contributed by atoms with Crippen LogP contribution >= 0.6 is 0 Å². The van der Waals surface area contributed by atoms with Gasteiger partial charge >= 0.3 is 0 Å². The molecule has 3 heterocycles. The number of nitrogens with one attached hydrogen (secondary N) is 1. The second kappa shape index (κ2) is 8.39. The summed E-state index contributed by atoms with van der Waals surface area (Å²) in [6.07, 6.45) is 7.65. The maximum Gasteiger partial charge on any atom is 0.158 e. The summed E-state index contributed by atoms with van der Waals surface area (Å²) in [5.74, 6) is 1.92. The average Bonchev–Trinajstić information content (AvgIpc) is 3.44. The third-order valence-electron chi connectivity index (χ3n) is 5.31. The summed E-state index contributed by atoms with van der Waals surface area (Å²) in [6, 6.07) is 8.76. The predicted octanol–water partition coefficient (Wildman–Crippen LogP) is 2.43. The van der Waals surface area contributed by atoms with Crippen molar-refractivity contribution in [2.24, 2.45) is 0 Å². The van der Waals surface area contributed by atoms with Crippen LogP contribution in [0.15, 0.2) is 43.1 Å². The summed E-state index contributed by atoms with van der Waals surface area (Å²) in [5, 5.41) is 11.9. The Kier molecular flexibility index (Phi) is 5.50. The minimum absolute atomic E-state index is 0.269. The first-order valence-electron chi connectivity index (χ1n) is 9.70. The van der Waals surface area contributed by atoms with Gasteiger partial charge < -0.3 is 24.4 Å². The third-order valence-corrected chi connectivity index (χ3v) is 5.31. The van der Waals surface area contributed by atoms with E-state index in [2.05, 4.69) is 56.3 Å². The molecule has 0 spiro atoms. The molecule has 0 unspecified atom stereocenters. The Morgan fingerprint density at radius 1 is 1.20 bits per heavy atom. The molecule has 9 nitrogen and oxygen atoms in total. The van der Waals surface area contributed by atoms with E-state index in [1.54, 1.807) is 13.4 Å². The van der Waals surface area contributed by atoms with Gasteiger partial charge in [0.1, 0.15) is 29.8 Å². The number of ether oxygens (including phenoxy) is 1. The number of hydrogen-bond acceptors (Lipinski definition) is 8. The van der Waals surface area contributed by atoms with Crippen LogP contribution in [0.25, 0.3) is 5.69 Å². The van der Waals surface area contributed by atoms with Crippen LogP contribution in [0.1, 0.15) is 12.1 Å². The molecule has 3 aromatic rings. The van der Waals surface area contributed by atoms with Crippen molar-refractivity contribution in [3.05, 3.63) is 48.8 Å². The average molecular weight is 404 g/mol. The van der Waals surface area contributed by atoms with Gasteiger partial charge in [0.05, 0.1) is 31.4 Å². The van der Waals surface area contributed by atoms with E-state index >= 15 is 0 Å². The molecular weight excluding hydrogens is 380 g/mol. The van der Waals surface area contributed by atoms with Crippen LogP contribution in [-0.2, 0) is 0 Å². The van der Waals surface area contributed by atoms with Gasteiger partial charge in [0, 0.05) is 30.9 Å². The second-order valence-electron chi connectivity index (χ2n) is 7.40. The first kappa shape index (κ1) is 19.7. The molecular formula is C21H24N8O. The molecule has 2 aromatic heterocycles. The number of methoxy groups -OCH3 is 1. The van der Waals surface area contributed by atoms with E-state index < -0.39 is 0 Å². The van der Waals surface area contributed by atoms with Crippen molar-refractivity contribution in [1.29, 1.82) is 5.26 Å². The Bertz CT molecular complexity index is 1050. The topological polar surface area (TPSA) is 95.1 Å². The highest BCUT2D eigenvalue weighted by atomic mass is 16.5. The molecule has 1 aliphatic rings. The monoisotopic (exact) mass is 404 g/mol. The van der Waals surface area contributed by atoms with E-state index in [0.29, 0.717) is 17.7 Å². The highest BCUT2D eigenvalue weighted by Crippen LogP contribution is 2.31. The number of anilines is 3. The van der Waals surface area contributed by atoms with Crippen molar-refractivity contribution in [2.75, 3.05) is 44.5 Å². The van der Waals surface area contributed by atoms with Crippen LogP contribution in [0.4, 0.5) is 17.3 Å². The van der Waals surface area contributed by atoms with Gasteiger partial charge in [0.2, 0.25) is 0 Å². The zero-order valence-corrected chi connectivity index (χ0v) is 17.3. The lowest BCUT2D eigenvalue weighted by atomic mass is 10.2. The quantitative estimate of drug-likeness (QED) is 0.669. The molecule has 0 aliphatic carbocycles. The molecule has 0 bridgehead atoms. The molecule has 9 heteroatoms. The Hall–Kier alpha value is -3.64. The molecule has 0 saturated carbocycles. The molecule has 0 amide bonds. The van der Waals surface area contributed by atoms with Gasteiger partial charge in [0.25, 0.3) is 0 Å². The van der Waals surface area contributed by atoms with Crippen molar-refractivity contribution >= 4 is 17.3 Å². The largest absolute Gasteiger partial charge is 0.494 e. The predicted molar refractivity (Wildman–Crippen MR) is 114 cm³/mol. The van der Waals surface area contributed by atoms with Gasteiger partial charge in [-0.25, -0.2) is 15.0 Å². The summed E-state index contributed by atoms with van der Waals surface area (Å²) in [5.41, 5.74) is 2.33. The zero-order chi connectivity index (χ0) is 21.1. The van der Waals surface area contributed by atoms with Crippen LogP contribution in [0.2, 0.25) is 0 Å². The van der Waals surface area contributed by atoms with Crippen molar-refractivity contribution in [2.45, 2.75) is 12.5 Å². The highest BCUT2D eigenvalue weighted by Gasteiger charge is 2.24. The maximum absolute atomic E-state index is 8.82. The molecule has 1 aliphatic heterocycles. The van der Waals surface area contributed by atoms with Crippen LogP contribution in [0, 0.1) is 11.3 Å². The first-order chi connectivity index (χ1) is 14.6. The lowest BCUT2D eigenvalue weighted by molar-refractivity contribution is 0.315. The van der Waals surface area contributed by atoms with Crippen LogP contribution in [-0.4, -0.2) is 64.8 Å². The Labute approximate surface area is 175 Å². The van der Waals surface area contributed by atoms with Gasteiger partial charge in [-0.15, -0.1) is 0 Å². The number of aromatic nitrogens is 4. The summed E-state index contributed by atoms with van der Waals surface area (Å²) in [4.78, 5) is 17.2. The Morgan fingerprint density at radius 2 is 2.07 bits per heavy atom. The van der Waals surface area contributed by atoms with E-state index in [9.17, 15) is 0 Å². The number of imidazole rings is 1. The third kappa shape index (κ3) is 4.04. The molecule has 4 rings (SSSR count). The molecule has 1 atom stereocenters. The number of rotatable bonds is 6. The normalized spacial score (nSPS) is 16.0. The van der Waals surface area contributed by atoms with Crippen molar-refractivity contribution in [1.82, 2.24) is 24.4 Å². The summed E-state index contributed by atoms with van der Waals surface area (Å²) < 4.78 is 7.57. The maximum atomic E-state index is 8.82. The molecule has 30 heavy (non-hydrogen) atoms. The number of nitriles is 1. The van der Waals surface area contributed by atoms with Crippen molar-refractivity contribution in [3.8, 4) is 17.5 Å². The zero-order valence-electron chi connectivity index (χ0n) is 17.3. The van der Waals surface area contributed by atoms with Gasteiger partial charge in [-0.05, 0) is 32.6 Å².